The van der Waals surface area contributed by atoms with Crippen LogP contribution < -0.4 is 0 Å². The second kappa shape index (κ2) is 2.27. The second-order valence-corrected chi connectivity index (χ2v) is 2.78. The van der Waals surface area contributed by atoms with Crippen LogP contribution in [0.4, 0.5) is 0 Å². The fourth-order valence-electron chi connectivity index (χ4n) is 0.300. The molecule has 0 saturated heterocycles. The van der Waals surface area contributed by atoms with E-state index in [1.807, 2.05) is 14.0 Å². The van der Waals surface area contributed by atoms with E-state index in [2.05, 4.69) is 26.1 Å². The minimum absolute atomic E-state index is 0.830. The summed E-state index contributed by atoms with van der Waals surface area (Å²) in [7, 11) is 8.12. The predicted octanol–water partition coefficient (Wildman–Crippen LogP) is 0.741. The summed E-state index contributed by atoms with van der Waals surface area (Å²) >= 11 is 0. The Bertz CT molecular complexity index is 97.6. The van der Waals surface area contributed by atoms with E-state index in [0.717, 1.165) is 10.3 Å². The number of quaternary nitrogens is 1. The van der Waals surface area contributed by atoms with Crippen molar-refractivity contribution < 1.29 is 4.48 Å². The summed E-state index contributed by atoms with van der Waals surface area (Å²) in [6.07, 6.45) is 0. The molecule has 2 nitrogen and oxygen atoms in total. The van der Waals surface area contributed by atoms with Crippen LogP contribution in [0.2, 0.25) is 0 Å². The van der Waals surface area contributed by atoms with Crippen molar-refractivity contribution in [2.45, 2.75) is 6.92 Å². The fraction of sp³-hybridized carbons (Fsp3) is 0.833. The van der Waals surface area contributed by atoms with Gasteiger partial charge in [-0.3, -0.25) is 4.48 Å². The van der Waals surface area contributed by atoms with Gasteiger partial charge >= 0.3 is 0 Å². The molecule has 0 unspecified atom stereocenters. The number of hydrogen-bond acceptors (Lipinski definition) is 1. The van der Waals surface area contributed by atoms with Crippen molar-refractivity contribution in [2.24, 2.45) is 4.99 Å². The van der Waals surface area contributed by atoms with E-state index in [0.29, 0.717) is 0 Å². The number of aliphatic imine (C=N–C) groups is 1. The van der Waals surface area contributed by atoms with Crippen molar-refractivity contribution in [3.63, 3.8) is 0 Å². The summed E-state index contributed by atoms with van der Waals surface area (Å²) in [4.78, 5) is 4.05. The topological polar surface area (TPSA) is 12.4 Å². The highest BCUT2D eigenvalue weighted by molar-refractivity contribution is 5.71. The Hall–Kier alpha value is -0.370. The quantitative estimate of drug-likeness (QED) is 0.251. The maximum absolute atomic E-state index is 4.05. The van der Waals surface area contributed by atoms with E-state index >= 15 is 0 Å². The third-order valence-corrected chi connectivity index (χ3v) is 1.29. The first-order chi connectivity index (χ1) is 3.48. The van der Waals surface area contributed by atoms with Crippen LogP contribution in [-0.4, -0.2) is 38.5 Å². The monoisotopic (exact) mass is 115 g/mol. The Morgan fingerprint density at radius 2 is 1.62 bits per heavy atom. The smallest absolute Gasteiger partial charge is 0.194 e. The first-order valence-corrected chi connectivity index (χ1v) is 2.74. The molecule has 2 heteroatoms. The van der Waals surface area contributed by atoms with Crippen LogP contribution in [0.15, 0.2) is 4.99 Å². The Balaban J connectivity index is 4.03. The lowest BCUT2D eigenvalue weighted by molar-refractivity contribution is -0.777. The first-order valence-electron chi connectivity index (χ1n) is 2.74. The summed E-state index contributed by atoms with van der Waals surface area (Å²) < 4.78 is 0.830. The zero-order valence-corrected chi connectivity index (χ0v) is 6.39. The summed E-state index contributed by atoms with van der Waals surface area (Å²) in [5.41, 5.74) is 0. The lowest BCUT2D eigenvalue weighted by Crippen LogP contribution is -2.39. The van der Waals surface area contributed by atoms with Crippen LogP contribution in [0.1, 0.15) is 6.92 Å². The van der Waals surface area contributed by atoms with Crippen molar-refractivity contribution in [3.05, 3.63) is 0 Å². The molecule has 0 bridgehead atoms. The van der Waals surface area contributed by atoms with Gasteiger partial charge in [0.1, 0.15) is 0 Å². The molecule has 0 fully saturated rings. The van der Waals surface area contributed by atoms with Gasteiger partial charge in [-0.25, -0.2) is 4.99 Å². The third-order valence-electron chi connectivity index (χ3n) is 1.29. The van der Waals surface area contributed by atoms with E-state index in [1.54, 1.807) is 0 Å². The molecular weight excluding hydrogens is 100 g/mol. The van der Waals surface area contributed by atoms with Crippen LogP contribution in [0.3, 0.4) is 0 Å². The van der Waals surface area contributed by atoms with E-state index in [4.69, 9.17) is 0 Å². The van der Waals surface area contributed by atoms with Gasteiger partial charge < -0.3 is 0 Å². The molecular formula is C6H15N2+. The Morgan fingerprint density at radius 3 is 1.62 bits per heavy atom. The highest BCUT2D eigenvalue weighted by Gasteiger charge is 2.09. The maximum atomic E-state index is 4.05. The molecule has 0 spiro atoms. The zero-order chi connectivity index (χ0) is 6.78. The predicted molar refractivity (Wildman–Crippen MR) is 37.1 cm³/mol. The molecule has 0 N–H and O–H groups in total. The molecule has 0 aliphatic rings. The van der Waals surface area contributed by atoms with Crippen molar-refractivity contribution in [3.8, 4) is 0 Å². The molecule has 0 radical (unpaired) electrons. The normalized spacial score (nSPS) is 14.4. The molecule has 0 aromatic carbocycles. The Labute approximate surface area is 51.4 Å². The van der Waals surface area contributed by atoms with Crippen molar-refractivity contribution in [1.82, 2.24) is 0 Å². The van der Waals surface area contributed by atoms with Crippen LogP contribution in [0.25, 0.3) is 0 Å². The Morgan fingerprint density at radius 1 is 1.25 bits per heavy atom. The summed E-state index contributed by atoms with van der Waals surface area (Å²) in [6, 6.07) is 0. The lowest BCUT2D eigenvalue weighted by atomic mass is 10.5. The van der Waals surface area contributed by atoms with E-state index in [-0.39, 0.29) is 0 Å². The number of amidine groups is 1. The third kappa shape index (κ3) is 2.07. The standard InChI is InChI=1S/C6H15N2/c1-6(7-2)8(3,4)5/h1-5H3/q+1. The van der Waals surface area contributed by atoms with Crippen molar-refractivity contribution in [2.75, 3.05) is 28.2 Å². The van der Waals surface area contributed by atoms with Crippen LogP contribution in [-0.2, 0) is 0 Å². The second-order valence-electron chi connectivity index (χ2n) is 2.78. The van der Waals surface area contributed by atoms with Gasteiger partial charge in [-0.05, 0) is 0 Å². The van der Waals surface area contributed by atoms with Crippen LogP contribution in [0.5, 0.6) is 0 Å². The molecule has 0 amide bonds. The first kappa shape index (κ1) is 7.63. The highest BCUT2D eigenvalue weighted by Crippen LogP contribution is 1.91. The van der Waals surface area contributed by atoms with Gasteiger partial charge in [0.15, 0.2) is 5.84 Å². The minimum atomic E-state index is 0.830. The summed E-state index contributed by atoms with van der Waals surface area (Å²) in [5.74, 6) is 1.14. The molecule has 0 heterocycles. The molecule has 0 aliphatic carbocycles. The molecule has 0 aromatic heterocycles. The van der Waals surface area contributed by atoms with Gasteiger partial charge in [0.25, 0.3) is 0 Å². The van der Waals surface area contributed by atoms with Crippen molar-refractivity contribution in [1.29, 1.82) is 0 Å². The summed E-state index contributed by atoms with van der Waals surface area (Å²) in [6.45, 7) is 2.03. The van der Waals surface area contributed by atoms with E-state index in [9.17, 15) is 0 Å². The minimum Gasteiger partial charge on any atom is -0.286 e. The zero-order valence-electron chi connectivity index (χ0n) is 6.39. The summed E-state index contributed by atoms with van der Waals surface area (Å²) in [5, 5.41) is 0. The molecule has 0 aliphatic heterocycles. The SMILES string of the molecule is CN=C(C)[N+](C)(C)C. The largest absolute Gasteiger partial charge is 0.286 e. The highest BCUT2D eigenvalue weighted by atomic mass is 15.3. The van der Waals surface area contributed by atoms with Gasteiger partial charge in [-0.15, -0.1) is 0 Å². The molecule has 0 saturated carbocycles. The van der Waals surface area contributed by atoms with E-state index in [1.165, 1.54) is 0 Å². The molecule has 0 aromatic rings. The number of nitrogens with zero attached hydrogens (tertiary/aromatic N) is 2. The average Bonchev–Trinajstić information content (AvgIpc) is 1.62. The molecule has 0 rings (SSSR count). The van der Waals surface area contributed by atoms with Gasteiger partial charge in [0.05, 0.1) is 21.1 Å². The average molecular weight is 115 g/mol. The Kier molecular flexibility index (Phi) is 2.16. The molecule has 48 valence electrons. The van der Waals surface area contributed by atoms with Gasteiger partial charge in [0, 0.05) is 14.0 Å². The fourth-order valence-corrected chi connectivity index (χ4v) is 0.300. The maximum Gasteiger partial charge on any atom is 0.194 e. The van der Waals surface area contributed by atoms with Gasteiger partial charge in [-0.1, -0.05) is 0 Å². The number of rotatable bonds is 0. The van der Waals surface area contributed by atoms with Crippen molar-refractivity contribution >= 4 is 5.84 Å². The molecule has 0 atom stereocenters. The molecule has 8 heavy (non-hydrogen) atoms. The van der Waals surface area contributed by atoms with E-state index < -0.39 is 0 Å². The van der Waals surface area contributed by atoms with Gasteiger partial charge in [0.2, 0.25) is 0 Å². The van der Waals surface area contributed by atoms with Crippen LogP contribution >= 0.6 is 0 Å². The lowest BCUT2D eigenvalue weighted by Gasteiger charge is -2.21. The number of hydrogen-bond donors (Lipinski definition) is 0. The van der Waals surface area contributed by atoms with Crippen LogP contribution in [0, 0.1) is 0 Å². The van der Waals surface area contributed by atoms with Gasteiger partial charge in [-0.2, -0.15) is 0 Å².